The number of ether oxygens (including phenoxy) is 1. The second-order valence-electron chi connectivity index (χ2n) is 6.79. The first-order valence-electron chi connectivity index (χ1n) is 9.19. The number of carbonyl (C=O) groups is 3. The minimum Gasteiger partial charge on any atom is -0.462 e. The number of nitrogens with zero attached hydrogens (tertiary/aromatic N) is 2. The van der Waals surface area contributed by atoms with Crippen molar-refractivity contribution < 1.29 is 19.1 Å². The largest absolute Gasteiger partial charge is 0.462 e. The molecule has 7 heteroatoms. The van der Waals surface area contributed by atoms with Gasteiger partial charge in [0.05, 0.1) is 11.0 Å². The molecule has 6 nitrogen and oxygen atoms in total. The Morgan fingerprint density at radius 3 is 2.31 bits per heavy atom. The number of amides is 2. The summed E-state index contributed by atoms with van der Waals surface area (Å²) in [6.45, 7) is 3.05. The molecular formula is C22H22N2O4S. The SMILES string of the molecule is CC(C)OC(=O)CN1C(=O)S/C(=C\c2ccc(N(C)c3ccccc3)cc2)C1=O. The summed E-state index contributed by atoms with van der Waals surface area (Å²) in [6, 6.07) is 17.6. The van der Waals surface area contributed by atoms with Crippen LogP contribution in [0.2, 0.25) is 0 Å². The quantitative estimate of drug-likeness (QED) is 0.518. The summed E-state index contributed by atoms with van der Waals surface area (Å²) < 4.78 is 5.02. The van der Waals surface area contributed by atoms with Gasteiger partial charge in [-0.2, -0.15) is 0 Å². The molecule has 0 atom stereocenters. The molecular weight excluding hydrogens is 388 g/mol. The summed E-state index contributed by atoms with van der Waals surface area (Å²) in [5, 5.41) is -0.470. The van der Waals surface area contributed by atoms with Crippen LogP contribution in [0.25, 0.3) is 6.08 Å². The third kappa shape index (κ3) is 5.06. The van der Waals surface area contributed by atoms with Crippen LogP contribution >= 0.6 is 11.8 Å². The highest BCUT2D eigenvalue weighted by Crippen LogP contribution is 2.32. The predicted molar refractivity (Wildman–Crippen MR) is 115 cm³/mol. The average Bonchev–Trinajstić information content (AvgIpc) is 2.95. The molecule has 0 spiro atoms. The van der Waals surface area contributed by atoms with E-state index in [1.807, 2.05) is 61.6 Å². The highest BCUT2D eigenvalue weighted by molar-refractivity contribution is 8.18. The average molecular weight is 410 g/mol. The third-order valence-corrected chi connectivity index (χ3v) is 5.16. The number of carbonyl (C=O) groups excluding carboxylic acids is 3. The van der Waals surface area contributed by atoms with Crippen molar-refractivity contribution in [2.75, 3.05) is 18.5 Å². The Morgan fingerprint density at radius 1 is 1.07 bits per heavy atom. The zero-order valence-corrected chi connectivity index (χ0v) is 17.3. The molecule has 150 valence electrons. The van der Waals surface area contributed by atoms with Gasteiger partial charge in [-0.25, -0.2) is 0 Å². The normalized spacial score (nSPS) is 15.3. The number of thioether (sulfide) groups is 1. The lowest BCUT2D eigenvalue weighted by Crippen LogP contribution is -2.35. The van der Waals surface area contributed by atoms with Gasteiger partial charge in [0.15, 0.2) is 0 Å². The van der Waals surface area contributed by atoms with Gasteiger partial charge in [0.2, 0.25) is 0 Å². The lowest BCUT2D eigenvalue weighted by molar-refractivity contribution is -0.149. The zero-order valence-electron chi connectivity index (χ0n) is 16.5. The lowest BCUT2D eigenvalue weighted by atomic mass is 10.1. The van der Waals surface area contributed by atoms with Crippen LogP contribution in [0, 0.1) is 0 Å². The maximum Gasteiger partial charge on any atom is 0.326 e. The summed E-state index contributed by atoms with van der Waals surface area (Å²) in [4.78, 5) is 39.7. The van der Waals surface area contributed by atoms with E-state index in [2.05, 4.69) is 4.90 Å². The van der Waals surface area contributed by atoms with E-state index in [-0.39, 0.29) is 17.6 Å². The Labute approximate surface area is 174 Å². The fourth-order valence-electron chi connectivity index (χ4n) is 2.81. The van der Waals surface area contributed by atoms with Gasteiger partial charge in [-0.05, 0) is 61.5 Å². The van der Waals surface area contributed by atoms with Gasteiger partial charge in [-0.3, -0.25) is 19.3 Å². The molecule has 3 rings (SSSR count). The topological polar surface area (TPSA) is 66.9 Å². The standard InChI is InChI=1S/C22H22N2O4S/c1-15(2)28-20(25)14-24-21(26)19(29-22(24)27)13-16-9-11-18(12-10-16)23(3)17-7-5-4-6-8-17/h4-13,15H,14H2,1-3H3/b19-13-. The van der Waals surface area contributed by atoms with Crippen LogP contribution < -0.4 is 4.90 Å². The minimum absolute atomic E-state index is 0.288. The van der Waals surface area contributed by atoms with Gasteiger partial charge in [-0.15, -0.1) is 0 Å². The number of esters is 1. The molecule has 1 aliphatic rings. The first-order chi connectivity index (χ1) is 13.8. The highest BCUT2D eigenvalue weighted by atomic mass is 32.2. The smallest absolute Gasteiger partial charge is 0.326 e. The van der Waals surface area contributed by atoms with E-state index < -0.39 is 17.1 Å². The number of anilines is 2. The number of rotatable bonds is 6. The molecule has 0 N–H and O–H groups in total. The molecule has 2 amide bonds. The van der Waals surface area contributed by atoms with Crippen LogP contribution in [0.5, 0.6) is 0 Å². The van der Waals surface area contributed by atoms with Gasteiger partial charge in [0.25, 0.3) is 11.1 Å². The Hall–Kier alpha value is -3.06. The van der Waals surface area contributed by atoms with Gasteiger partial charge in [-0.1, -0.05) is 30.3 Å². The van der Waals surface area contributed by atoms with Crippen LogP contribution in [0.4, 0.5) is 16.2 Å². The van der Waals surface area contributed by atoms with Crippen LogP contribution in [0.15, 0.2) is 59.5 Å². The summed E-state index contributed by atoms with van der Waals surface area (Å²) >= 11 is 0.825. The first-order valence-corrected chi connectivity index (χ1v) is 10.0. The molecule has 29 heavy (non-hydrogen) atoms. The molecule has 0 aliphatic carbocycles. The van der Waals surface area contributed by atoms with Crippen molar-refractivity contribution in [3.8, 4) is 0 Å². The summed E-state index contributed by atoms with van der Waals surface area (Å²) in [7, 11) is 1.98. The van der Waals surface area contributed by atoms with Gasteiger partial charge >= 0.3 is 5.97 Å². The van der Waals surface area contributed by atoms with Crippen molar-refractivity contribution in [1.29, 1.82) is 0 Å². The summed E-state index contributed by atoms with van der Waals surface area (Å²) in [5.74, 6) is -1.08. The van der Waals surface area contributed by atoms with E-state index in [4.69, 9.17) is 4.74 Å². The monoisotopic (exact) mass is 410 g/mol. The molecule has 1 heterocycles. The maximum absolute atomic E-state index is 12.5. The fourth-order valence-corrected chi connectivity index (χ4v) is 3.65. The van der Waals surface area contributed by atoms with E-state index >= 15 is 0 Å². The second kappa shape index (κ2) is 8.96. The Kier molecular flexibility index (Phi) is 6.39. The second-order valence-corrected chi connectivity index (χ2v) is 7.79. The molecule has 2 aromatic carbocycles. The predicted octanol–water partition coefficient (Wildman–Crippen LogP) is 4.44. The number of hydrogen-bond acceptors (Lipinski definition) is 6. The summed E-state index contributed by atoms with van der Waals surface area (Å²) in [6.07, 6.45) is 1.36. The molecule has 1 fully saturated rings. The van der Waals surface area contributed by atoms with E-state index in [1.54, 1.807) is 19.9 Å². The van der Waals surface area contributed by atoms with Gasteiger partial charge < -0.3 is 9.64 Å². The van der Waals surface area contributed by atoms with Crippen molar-refractivity contribution in [2.45, 2.75) is 20.0 Å². The van der Waals surface area contributed by atoms with Crippen molar-refractivity contribution >= 4 is 46.3 Å². The van der Waals surface area contributed by atoms with E-state index in [0.717, 1.165) is 33.6 Å². The zero-order chi connectivity index (χ0) is 21.0. The number of benzene rings is 2. The molecule has 0 bridgehead atoms. The van der Waals surface area contributed by atoms with Crippen LogP contribution in [-0.4, -0.2) is 41.7 Å². The molecule has 1 aliphatic heterocycles. The third-order valence-electron chi connectivity index (χ3n) is 4.25. The van der Waals surface area contributed by atoms with Crippen molar-refractivity contribution in [3.63, 3.8) is 0 Å². The van der Waals surface area contributed by atoms with Crippen molar-refractivity contribution in [1.82, 2.24) is 4.90 Å². The number of hydrogen-bond donors (Lipinski definition) is 0. The van der Waals surface area contributed by atoms with E-state index in [0.29, 0.717) is 0 Å². The maximum atomic E-state index is 12.5. The van der Waals surface area contributed by atoms with Crippen LogP contribution in [0.3, 0.4) is 0 Å². The van der Waals surface area contributed by atoms with Crippen molar-refractivity contribution in [2.24, 2.45) is 0 Å². The molecule has 0 saturated carbocycles. The molecule has 0 radical (unpaired) electrons. The lowest BCUT2D eigenvalue weighted by Gasteiger charge is -2.19. The highest BCUT2D eigenvalue weighted by Gasteiger charge is 2.36. The minimum atomic E-state index is -0.600. The Bertz CT molecular complexity index is 939. The number of imide groups is 1. The van der Waals surface area contributed by atoms with Crippen LogP contribution in [0.1, 0.15) is 19.4 Å². The molecule has 2 aromatic rings. The first kappa shape index (κ1) is 20.7. The Balaban J connectivity index is 1.71. The van der Waals surface area contributed by atoms with Gasteiger partial charge in [0.1, 0.15) is 6.54 Å². The fraction of sp³-hybridized carbons (Fsp3) is 0.227. The van der Waals surface area contributed by atoms with E-state index in [9.17, 15) is 14.4 Å². The van der Waals surface area contributed by atoms with Crippen molar-refractivity contribution in [3.05, 3.63) is 65.1 Å². The number of para-hydroxylation sites is 1. The van der Waals surface area contributed by atoms with E-state index in [1.165, 1.54) is 0 Å². The Morgan fingerprint density at radius 2 is 1.69 bits per heavy atom. The van der Waals surface area contributed by atoms with Gasteiger partial charge in [0, 0.05) is 18.4 Å². The molecule has 1 saturated heterocycles. The van der Waals surface area contributed by atoms with Crippen LogP contribution in [-0.2, 0) is 14.3 Å². The molecule has 0 unspecified atom stereocenters. The molecule has 0 aromatic heterocycles. The summed E-state index contributed by atoms with van der Waals surface area (Å²) in [5.41, 5.74) is 2.86.